The van der Waals surface area contributed by atoms with Gasteiger partial charge in [-0.2, -0.15) is 0 Å². The molecule has 3 heteroatoms. The third-order valence-electron chi connectivity index (χ3n) is 3.82. The van der Waals surface area contributed by atoms with Gasteiger partial charge in [0.2, 0.25) is 0 Å². The van der Waals surface area contributed by atoms with Crippen molar-refractivity contribution < 1.29 is 4.74 Å². The van der Waals surface area contributed by atoms with Crippen LogP contribution < -0.4 is 10.1 Å². The van der Waals surface area contributed by atoms with E-state index in [4.69, 9.17) is 4.74 Å². The molecule has 3 nitrogen and oxygen atoms in total. The van der Waals surface area contributed by atoms with Crippen LogP contribution in [0.15, 0.2) is 24.3 Å². The van der Waals surface area contributed by atoms with E-state index in [1.807, 2.05) is 7.05 Å². The second-order valence-corrected chi connectivity index (χ2v) is 5.51. The molecule has 1 aromatic rings. The summed E-state index contributed by atoms with van der Waals surface area (Å²) in [5.41, 5.74) is 1.33. The van der Waals surface area contributed by atoms with Gasteiger partial charge in [-0.05, 0) is 50.7 Å². The first-order chi connectivity index (χ1) is 10.2. The second-order valence-electron chi connectivity index (χ2n) is 5.51. The smallest absolute Gasteiger partial charge is 0.119 e. The van der Waals surface area contributed by atoms with Crippen LogP contribution >= 0.6 is 0 Å². The van der Waals surface area contributed by atoms with E-state index in [-0.39, 0.29) is 0 Å². The minimum atomic E-state index is 0.377. The zero-order valence-corrected chi connectivity index (χ0v) is 14.2. The van der Waals surface area contributed by atoms with Crippen molar-refractivity contribution in [1.82, 2.24) is 10.2 Å². The summed E-state index contributed by atoms with van der Waals surface area (Å²) in [6.07, 6.45) is 3.57. The van der Waals surface area contributed by atoms with E-state index < -0.39 is 0 Å². The van der Waals surface area contributed by atoms with Crippen LogP contribution in [0.4, 0.5) is 0 Å². The molecule has 1 aromatic carbocycles. The fourth-order valence-electron chi connectivity index (χ4n) is 2.40. The number of hydrogen-bond acceptors (Lipinski definition) is 3. The van der Waals surface area contributed by atoms with Crippen molar-refractivity contribution in [2.45, 2.75) is 46.1 Å². The average Bonchev–Trinajstić information content (AvgIpc) is 2.54. The highest BCUT2D eigenvalue weighted by atomic mass is 16.5. The highest BCUT2D eigenvalue weighted by molar-refractivity contribution is 5.29. The maximum atomic E-state index is 5.65. The molecule has 0 aliphatic rings. The lowest BCUT2D eigenvalue weighted by molar-refractivity contribution is 0.254. The first-order valence-electron chi connectivity index (χ1n) is 8.37. The van der Waals surface area contributed by atoms with Gasteiger partial charge in [-0.15, -0.1) is 0 Å². The van der Waals surface area contributed by atoms with Crippen molar-refractivity contribution in [3.63, 3.8) is 0 Å². The standard InChI is InChI=1S/C18H32N2O/c1-5-8-13-20(7-3)15-18(19-4)16-9-11-17(12-10-16)21-14-6-2/h9-12,18-19H,5-8,13-15H2,1-4H3. The van der Waals surface area contributed by atoms with Gasteiger partial charge >= 0.3 is 0 Å². The van der Waals surface area contributed by atoms with Crippen LogP contribution in [0.2, 0.25) is 0 Å². The molecule has 0 saturated carbocycles. The molecule has 0 heterocycles. The van der Waals surface area contributed by atoms with E-state index in [9.17, 15) is 0 Å². The van der Waals surface area contributed by atoms with Crippen molar-refractivity contribution in [3.05, 3.63) is 29.8 Å². The van der Waals surface area contributed by atoms with Gasteiger partial charge in [0, 0.05) is 12.6 Å². The van der Waals surface area contributed by atoms with Crippen molar-refractivity contribution >= 4 is 0 Å². The number of ether oxygens (including phenoxy) is 1. The van der Waals surface area contributed by atoms with E-state index in [1.54, 1.807) is 0 Å². The Morgan fingerprint density at radius 1 is 1.10 bits per heavy atom. The Morgan fingerprint density at radius 3 is 2.33 bits per heavy atom. The molecule has 1 unspecified atom stereocenters. The lowest BCUT2D eigenvalue weighted by atomic mass is 10.1. The minimum Gasteiger partial charge on any atom is -0.494 e. The topological polar surface area (TPSA) is 24.5 Å². The van der Waals surface area contributed by atoms with Crippen molar-refractivity contribution in [3.8, 4) is 5.75 Å². The molecule has 1 rings (SSSR count). The Kier molecular flexibility index (Phi) is 9.11. The van der Waals surface area contributed by atoms with Crippen LogP contribution in [0.25, 0.3) is 0 Å². The fourth-order valence-corrected chi connectivity index (χ4v) is 2.40. The highest BCUT2D eigenvalue weighted by Crippen LogP contribution is 2.19. The van der Waals surface area contributed by atoms with Gasteiger partial charge in [0.15, 0.2) is 0 Å². The molecule has 0 radical (unpaired) electrons. The zero-order chi connectivity index (χ0) is 15.5. The lowest BCUT2D eigenvalue weighted by Crippen LogP contribution is -2.34. The molecule has 0 aliphatic heterocycles. The molecular formula is C18H32N2O. The Morgan fingerprint density at radius 2 is 1.81 bits per heavy atom. The van der Waals surface area contributed by atoms with Gasteiger partial charge in [0.05, 0.1) is 6.61 Å². The number of benzene rings is 1. The third-order valence-corrected chi connectivity index (χ3v) is 3.82. The summed E-state index contributed by atoms with van der Waals surface area (Å²) in [7, 11) is 2.04. The summed E-state index contributed by atoms with van der Waals surface area (Å²) in [5.74, 6) is 0.966. The van der Waals surface area contributed by atoms with Crippen LogP contribution in [-0.2, 0) is 0 Å². The van der Waals surface area contributed by atoms with Crippen LogP contribution in [0.1, 0.15) is 51.6 Å². The monoisotopic (exact) mass is 292 g/mol. The van der Waals surface area contributed by atoms with Crippen molar-refractivity contribution in [1.29, 1.82) is 0 Å². The molecule has 0 saturated heterocycles. The van der Waals surface area contributed by atoms with Gasteiger partial charge < -0.3 is 15.0 Å². The summed E-state index contributed by atoms with van der Waals surface area (Å²) in [6.45, 7) is 10.7. The highest BCUT2D eigenvalue weighted by Gasteiger charge is 2.13. The van der Waals surface area contributed by atoms with Crippen molar-refractivity contribution in [2.24, 2.45) is 0 Å². The molecular weight excluding hydrogens is 260 g/mol. The van der Waals surface area contributed by atoms with E-state index in [1.165, 1.54) is 24.9 Å². The summed E-state index contributed by atoms with van der Waals surface area (Å²) in [4.78, 5) is 2.52. The Balaban J connectivity index is 2.61. The molecule has 0 amide bonds. The second kappa shape index (κ2) is 10.6. The number of unbranched alkanes of at least 4 members (excludes halogenated alkanes) is 1. The molecule has 0 spiro atoms. The molecule has 21 heavy (non-hydrogen) atoms. The van der Waals surface area contributed by atoms with Crippen LogP contribution in [0.5, 0.6) is 5.75 Å². The minimum absolute atomic E-state index is 0.377. The van der Waals surface area contributed by atoms with Gasteiger partial charge in [0.25, 0.3) is 0 Å². The quantitative estimate of drug-likeness (QED) is 0.670. The Bertz CT molecular complexity index is 364. The lowest BCUT2D eigenvalue weighted by Gasteiger charge is -2.26. The van der Waals surface area contributed by atoms with Gasteiger partial charge in [-0.1, -0.05) is 39.3 Å². The molecule has 1 atom stereocenters. The summed E-state index contributed by atoms with van der Waals surface area (Å²) in [6, 6.07) is 8.90. The van der Waals surface area contributed by atoms with Crippen LogP contribution in [-0.4, -0.2) is 38.2 Å². The third kappa shape index (κ3) is 6.49. The molecule has 120 valence electrons. The molecule has 0 fully saturated rings. The largest absolute Gasteiger partial charge is 0.494 e. The molecule has 1 N–H and O–H groups in total. The van der Waals surface area contributed by atoms with Crippen LogP contribution in [0, 0.1) is 0 Å². The fraction of sp³-hybridized carbons (Fsp3) is 0.667. The number of nitrogens with one attached hydrogen (secondary N) is 1. The maximum absolute atomic E-state index is 5.65. The number of likely N-dealkylation sites (N-methyl/N-ethyl adjacent to an activating group) is 2. The SMILES string of the molecule is CCCCN(CC)CC(NC)c1ccc(OCCC)cc1. The zero-order valence-electron chi connectivity index (χ0n) is 14.2. The van der Waals surface area contributed by atoms with Crippen LogP contribution in [0.3, 0.4) is 0 Å². The predicted octanol–water partition coefficient (Wildman–Crippen LogP) is 3.86. The normalized spacial score (nSPS) is 12.6. The van der Waals surface area contributed by atoms with Crippen molar-refractivity contribution in [2.75, 3.05) is 33.3 Å². The van der Waals surface area contributed by atoms with E-state index in [0.717, 1.165) is 31.9 Å². The van der Waals surface area contributed by atoms with E-state index in [0.29, 0.717) is 6.04 Å². The predicted molar refractivity (Wildman–Crippen MR) is 91.1 cm³/mol. The molecule has 0 bridgehead atoms. The first-order valence-corrected chi connectivity index (χ1v) is 8.37. The maximum Gasteiger partial charge on any atom is 0.119 e. The number of nitrogens with zero attached hydrogens (tertiary/aromatic N) is 1. The van der Waals surface area contributed by atoms with E-state index in [2.05, 4.69) is 55.3 Å². The van der Waals surface area contributed by atoms with Gasteiger partial charge in [-0.25, -0.2) is 0 Å². The first kappa shape index (κ1) is 18.0. The summed E-state index contributed by atoms with van der Waals surface area (Å²) < 4.78 is 5.65. The average molecular weight is 292 g/mol. The number of hydrogen-bond donors (Lipinski definition) is 1. The Hall–Kier alpha value is -1.06. The molecule has 0 aromatic heterocycles. The van der Waals surface area contributed by atoms with Gasteiger partial charge in [0.1, 0.15) is 5.75 Å². The Labute approximate surface area is 130 Å². The molecule has 0 aliphatic carbocycles. The van der Waals surface area contributed by atoms with E-state index >= 15 is 0 Å². The number of rotatable bonds is 11. The summed E-state index contributed by atoms with van der Waals surface area (Å²) in [5, 5.41) is 3.44. The summed E-state index contributed by atoms with van der Waals surface area (Å²) >= 11 is 0. The van der Waals surface area contributed by atoms with Gasteiger partial charge in [-0.3, -0.25) is 0 Å².